The van der Waals surface area contributed by atoms with E-state index in [1.807, 2.05) is 19.9 Å². The zero-order valence-corrected chi connectivity index (χ0v) is 21.8. The molecule has 2 aromatic carbocycles. The SMILES string of the molecule is Cc1cc(C)n2nc(C(=O)Nc3ccccc3Cl)c(-c3ccc(C)c(S(=O)(=O)N4CCCC4)c3)c2n1. The van der Waals surface area contributed by atoms with Gasteiger partial charge in [-0.2, -0.15) is 9.40 Å². The van der Waals surface area contributed by atoms with E-state index in [0.29, 0.717) is 46.1 Å². The molecule has 1 fully saturated rings. The molecule has 8 nitrogen and oxygen atoms in total. The monoisotopic (exact) mass is 523 g/mol. The van der Waals surface area contributed by atoms with Crippen LogP contribution in [0.15, 0.2) is 53.4 Å². The third kappa shape index (κ3) is 4.27. The minimum atomic E-state index is -3.67. The third-order valence-corrected chi connectivity index (χ3v) is 8.76. The Kier molecular flexibility index (Phi) is 6.32. The molecule has 1 amide bonds. The molecule has 0 unspecified atom stereocenters. The highest BCUT2D eigenvalue weighted by atomic mass is 35.5. The highest BCUT2D eigenvalue weighted by molar-refractivity contribution is 7.89. The number of para-hydroxylation sites is 1. The van der Waals surface area contributed by atoms with Crippen molar-refractivity contribution in [2.24, 2.45) is 0 Å². The number of nitrogens with one attached hydrogen (secondary N) is 1. The van der Waals surface area contributed by atoms with Crippen molar-refractivity contribution in [3.63, 3.8) is 0 Å². The van der Waals surface area contributed by atoms with Crippen LogP contribution >= 0.6 is 11.6 Å². The first-order chi connectivity index (χ1) is 17.2. The molecule has 2 aromatic heterocycles. The van der Waals surface area contributed by atoms with Gasteiger partial charge in [0.05, 0.1) is 21.2 Å². The predicted molar refractivity (Wildman–Crippen MR) is 140 cm³/mol. The number of aryl methyl sites for hydroxylation is 3. The first kappa shape index (κ1) is 24.4. The molecule has 1 aliphatic heterocycles. The minimum absolute atomic E-state index is 0.129. The minimum Gasteiger partial charge on any atom is -0.319 e. The molecule has 0 aliphatic carbocycles. The second-order valence-electron chi connectivity index (χ2n) is 9.02. The summed E-state index contributed by atoms with van der Waals surface area (Å²) in [5, 5.41) is 7.82. The van der Waals surface area contributed by atoms with Crippen LogP contribution in [0.25, 0.3) is 16.8 Å². The maximum atomic E-state index is 13.5. The van der Waals surface area contributed by atoms with Crippen molar-refractivity contribution in [1.82, 2.24) is 18.9 Å². The quantitative estimate of drug-likeness (QED) is 0.396. The van der Waals surface area contributed by atoms with Gasteiger partial charge in [0.2, 0.25) is 10.0 Å². The molecular weight excluding hydrogens is 498 g/mol. The first-order valence-corrected chi connectivity index (χ1v) is 13.5. The van der Waals surface area contributed by atoms with Gasteiger partial charge in [-0.05, 0) is 69.0 Å². The summed E-state index contributed by atoms with van der Waals surface area (Å²) < 4.78 is 30.0. The smallest absolute Gasteiger partial charge is 0.276 e. The molecule has 1 saturated heterocycles. The average molecular weight is 524 g/mol. The van der Waals surface area contributed by atoms with Gasteiger partial charge in [0.25, 0.3) is 5.91 Å². The van der Waals surface area contributed by atoms with Crippen molar-refractivity contribution in [3.8, 4) is 11.1 Å². The van der Waals surface area contributed by atoms with Crippen molar-refractivity contribution in [3.05, 3.63) is 76.2 Å². The molecule has 36 heavy (non-hydrogen) atoms. The topological polar surface area (TPSA) is 96.7 Å². The number of fused-ring (bicyclic) bond motifs is 1. The number of amides is 1. The highest BCUT2D eigenvalue weighted by Gasteiger charge is 2.30. The molecule has 4 aromatic rings. The Morgan fingerprint density at radius 2 is 1.75 bits per heavy atom. The third-order valence-electron chi connectivity index (χ3n) is 6.39. The van der Waals surface area contributed by atoms with Gasteiger partial charge in [-0.3, -0.25) is 4.79 Å². The molecule has 3 heterocycles. The largest absolute Gasteiger partial charge is 0.319 e. The van der Waals surface area contributed by atoms with Crippen LogP contribution in [-0.4, -0.2) is 46.3 Å². The number of aromatic nitrogens is 3. The Labute approximate surface area is 215 Å². The number of anilines is 1. The lowest BCUT2D eigenvalue weighted by molar-refractivity contribution is 0.102. The molecule has 5 rings (SSSR count). The summed E-state index contributed by atoms with van der Waals surface area (Å²) in [5.41, 5.74) is 4.27. The Bertz CT molecular complexity index is 1610. The van der Waals surface area contributed by atoms with Crippen molar-refractivity contribution < 1.29 is 13.2 Å². The van der Waals surface area contributed by atoms with Gasteiger partial charge >= 0.3 is 0 Å². The Hall–Kier alpha value is -3.27. The van der Waals surface area contributed by atoms with E-state index in [9.17, 15) is 13.2 Å². The lowest BCUT2D eigenvalue weighted by Gasteiger charge is -2.18. The first-order valence-electron chi connectivity index (χ1n) is 11.7. The second kappa shape index (κ2) is 9.31. The van der Waals surface area contributed by atoms with Gasteiger partial charge in [-0.1, -0.05) is 35.9 Å². The number of rotatable bonds is 5. The fraction of sp³-hybridized carbons (Fsp3) is 0.269. The molecule has 0 atom stereocenters. The van der Waals surface area contributed by atoms with Crippen LogP contribution in [0.3, 0.4) is 0 Å². The summed E-state index contributed by atoms with van der Waals surface area (Å²) in [6.07, 6.45) is 1.70. The molecule has 0 saturated carbocycles. The molecule has 0 spiro atoms. The normalized spacial score (nSPS) is 14.4. The van der Waals surface area contributed by atoms with E-state index < -0.39 is 15.9 Å². The molecule has 1 aliphatic rings. The van der Waals surface area contributed by atoms with Crippen LogP contribution in [0, 0.1) is 20.8 Å². The van der Waals surface area contributed by atoms with Gasteiger partial charge in [0.15, 0.2) is 11.3 Å². The van der Waals surface area contributed by atoms with Crippen molar-refractivity contribution in [2.45, 2.75) is 38.5 Å². The van der Waals surface area contributed by atoms with Crippen molar-refractivity contribution >= 4 is 38.9 Å². The zero-order valence-electron chi connectivity index (χ0n) is 20.2. The lowest BCUT2D eigenvalue weighted by Crippen LogP contribution is -2.28. The number of nitrogens with zero attached hydrogens (tertiary/aromatic N) is 4. The van der Waals surface area contributed by atoms with Crippen molar-refractivity contribution in [1.29, 1.82) is 0 Å². The molecule has 1 N–H and O–H groups in total. The van der Waals surface area contributed by atoms with Gasteiger partial charge in [-0.15, -0.1) is 0 Å². The summed E-state index contributed by atoms with van der Waals surface area (Å²) >= 11 is 6.26. The molecule has 0 bridgehead atoms. The number of benzene rings is 2. The summed E-state index contributed by atoms with van der Waals surface area (Å²) in [6, 6.07) is 14.0. The molecular formula is C26H26ClN5O3S. The molecule has 186 valence electrons. The van der Waals surface area contributed by atoms with E-state index in [1.165, 1.54) is 4.31 Å². The van der Waals surface area contributed by atoms with E-state index in [4.69, 9.17) is 11.6 Å². The number of carbonyl (C=O) groups excluding carboxylic acids is 1. The van der Waals surface area contributed by atoms with Crippen LogP contribution in [0.1, 0.15) is 40.3 Å². The predicted octanol–water partition coefficient (Wildman–Crippen LogP) is 5.01. The number of hydrogen-bond donors (Lipinski definition) is 1. The fourth-order valence-corrected chi connectivity index (χ4v) is 6.54. The van der Waals surface area contributed by atoms with E-state index in [0.717, 1.165) is 24.2 Å². The van der Waals surface area contributed by atoms with E-state index in [1.54, 1.807) is 53.9 Å². The maximum absolute atomic E-state index is 13.5. The fourth-order valence-electron chi connectivity index (χ4n) is 4.59. The van der Waals surface area contributed by atoms with Crippen LogP contribution in [0.4, 0.5) is 5.69 Å². The van der Waals surface area contributed by atoms with Gasteiger partial charge in [0.1, 0.15) is 0 Å². The summed E-state index contributed by atoms with van der Waals surface area (Å²) in [5.74, 6) is -0.467. The van der Waals surface area contributed by atoms with Gasteiger partial charge < -0.3 is 5.32 Å². The maximum Gasteiger partial charge on any atom is 0.276 e. The van der Waals surface area contributed by atoms with Crippen LogP contribution in [-0.2, 0) is 10.0 Å². The Morgan fingerprint density at radius 1 is 1.03 bits per heavy atom. The number of carbonyl (C=O) groups is 1. The second-order valence-corrected chi connectivity index (χ2v) is 11.3. The Balaban J connectivity index is 1.70. The van der Waals surface area contributed by atoms with Crippen LogP contribution in [0.2, 0.25) is 5.02 Å². The number of sulfonamides is 1. The standard InChI is InChI=1S/C26H26ClN5O3S/c1-16-10-11-19(15-22(16)36(34,35)31-12-6-7-13-31)23-24(26(33)29-21-9-5-4-8-20(21)27)30-32-18(3)14-17(2)28-25(23)32/h4-5,8-11,14-15H,6-7,12-13H2,1-3H3,(H,29,33). The molecule has 10 heteroatoms. The summed E-state index contributed by atoms with van der Waals surface area (Å²) in [7, 11) is -3.67. The summed E-state index contributed by atoms with van der Waals surface area (Å²) in [4.78, 5) is 18.4. The zero-order chi connectivity index (χ0) is 25.6. The van der Waals surface area contributed by atoms with Gasteiger partial charge in [0, 0.05) is 24.5 Å². The van der Waals surface area contributed by atoms with Crippen molar-refractivity contribution in [2.75, 3.05) is 18.4 Å². The summed E-state index contributed by atoms with van der Waals surface area (Å²) in [6.45, 7) is 6.54. The van der Waals surface area contributed by atoms with E-state index >= 15 is 0 Å². The Morgan fingerprint density at radius 3 is 2.47 bits per heavy atom. The van der Waals surface area contributed by atoms with Crippen LogP contribution in [0.5, 0.6) is 0 Å². The number of hydrogen-bond acceptors (Lipinski definition) is 5. The number of halogens is 1. The van der Waals surface area contributed by atoms with E-state index in [-0.39, 0.29) is 10.6 Å². The lowest BCUT2D eigenvalue weighted by atomic mass is 10.0. The molecule has 0 radical (unpaired) electrons. The average Bonchev–Trinajstić information content (AvgIpc) is 3.50. The van der Waals surface area contributed by atoms with Crippen LogP contribution < -0.4 is 5.32 Å². The van der Waals surface area contributed by atoms with E-state index in [2.05, 4.69) is 15.4 Å². The van der Waals surface area contributed by atoms with Gasteiger partial charge in [-0.25, -0.2) is 17.9 Å². The highest BCUT2D eigenvalue weighted by Crippen LogP contribution is 2.34.